The number of alkyl halides is 16. The van der Waals surface area contributed by atoms with Crippen LogP contribution in [-0.4, -0.2) is 59.1 Å². The Morgan fingerprint density at radius 2 is 1.00 bits per heavy atom. The second-order valence-electron chi connectivity index (χ2n) is 6.26. The quantitative estimate of drug-likeness (QED) is 0.369. The zero-order chi connectivity index (χ0) is 27.3. The van der Waals surface area contributed by atoms with E-state index in [1.54, 1.807) is 0 Å². The van der Waals surface area contributed by atoms with Gasteiger partial charge in [-0.25, -0.2) is 4.79 Å². The summed E-state index contributed by atoms with van der Waals surface area (Å²) < 4.78 is 213. The molecule has 0 radical (unpaired) electrons. The molecule has 0 aliphatic rings. The highest BCUT2D eigenvalue weighted by atomic mass is 19.4. The molecule has 34 heavy (non-hydrogen) atoms. The highest BCUT2D eigenvalue weighted by molar-refractivity contribution is 5.87. The minimum Gasteiger partial charge on any atom is -0.478 e. The monoisotopic (exact) mass is 538 g/mol. The Hall–Kier alpha value is -2.63. The molecule has 0 saturated heterocycles. The number of aromatic carboxylic acids is 1. The van der Waals surface area contributed by atoms with Crippen molar-refractivity contribution in [1.82, 2.24) is 0 Å². The Morgan fingerprint density at radius 1 is 0.647 bits per heavy atom. The molecule has 1 N–H and O–H groups in total. The summed E-state index contributed by atoms with van der Waals surface area (Å²) in [6.45, 7) is 0. The van der Waals surface area contributed by atoms with Crippen molar-refractivity contribution in [3.05, 3.63) is 29.8 Å². The molecule has 0 spiro atoms. The van der Waals surface area contributed by atoms with Crippen LogP contribution < -0.4 is 4.74 Å². The van der Waals surface area contributed by atoms with E-state index in [1.165, 1.54) is 0 Å². The molecule has 1 unspecified atom stereocenters. The van der Waals surface area contributed by atoms with Crippen LogP contribution >= 0.6 is 0 Å². The summed E-state index contributed by atoms with van der Waals surface area (Å²) in [6, 6.07) is 1.41. The fourth-order valence-corrected chi connectivity index (χ4v) is 1.99. The lowest BCUT2D eigenvalue weighted by atomic mass is 9.91. The molecule has 1 atom stereocenters. The second kappa shape index (κ2) is 8.24. The van der Waals surface area contributed by atoms with E-state index in [1.807, 2.05) is 0 Å². The molecular weight excluding hydrogens is 532 g/mol. The van der Waals surface area contributed by atoms with Crippen LogP contribution in [-0.2, 0) is 0 Å². The van der Waals surface area contributed by atoms with Crippen molar-refractivity contribution in [3.8, 4) is 5.75 Å². The number of benzene rings is 1. The van der Waals surface area contributed by atoms with Crippen LogP contribution in [0.2, 0.25) is 0 Å². The highest BCUT2D eigenvalue weighted by Crippen LogP contribution is 2.62. The first-order chi connectivity index (χ1) is 14.8. The molecule has 1 aromatic carbocycles. The number of carboxylic acids is 1. The van der Waals surface area contributed by atoms with E-state index >= 15 is 0 Å². The molecule has 0 amide bonds. The average Bonchev–Trinajstić information content (AvgIpc) is 2.66. The lowest BCUT2D eigenvalue weighted by Gasteiger charge is -2.41. The molecule has 196 valence electrons. The maximum Gasteiger partial charge on any atom is 0.460 e. The van der Waals surface area contributed by atoms with Crippen molar-refractivity contribution < 1.29 is 84.9 Å². The third-order valence-corrected chi connectivity index (χ3v) is 3.98. The van der Waals surface area contributed by atoms with Crippen molar-refractivity contribution in [2.75, 3.05) is 0 Å². The van der Waals surface area contributed by atoms with Gasteiger partial charge in [0.05, 0.1) is 5.56 Å². The number of ether oxygens (including phenoxy) is 1. The van der Waals surface area contributed by atoms with Crippen LogP contribution in [0.3, 0.4) is 0 Å². The minimum atomic E-state index is -8.55. The highest BCUT2D eigenvalue weighted by Gasteiger charge is 2.94. The zero-order valence-corrected chi connectivity index (χ0v) is 15.2. The minimum absolute atomic E-state index is 0.259. The molecule has 1 rings (SSSR count). The van der Waals surface area contributed by atoms with E-state index in [4.69, 9.17) is 5.11 Å². The number of hydrogen-bond acceptors (Lipinski definition) is 2. The first-order valence-corrected chi connectivity index (χ1v) is 7.78. The van der Waals surface area contributed by atoms with Crippen LogP contribution in [0.25, 0.3) is 0 Å². The molecule has 0 saturated carbocycles. The normalized spacial score (nSPS) is 15.8. The molecule has 0 fully saturated rings. The van der Waals surface area contributed by atoms with Crippen LogP contribution in [0, 0.1) is 0 Å². The van der Waals surface area contributed by atoms with Gasteiger partial charge in [-0.1, -0.05) is 0 Å². The van der Waals surface area contributed by atoms with Gasteiger partial charge in [-0.3, -0.25) is 0 Å². The van der Waals surface area contributed by atoms with Gasteiger partial charge in [-0.05, 0) is 24.3 Å². The smallest absolute Gasteiger partial charge is 0.460 e. The molecule has 3 nitrogen and oxygen atoms in total. The van der Waals surface area contributed by atoms with Gasteiger partial charge in [0.2, 0.25) is 0 Å². The lowest BCUT2D eigenvalue weighted by Crippen LogP contribution is -2.73. The fourth-order valence-electron chi connectivity index (χ4n) is 1.99. The van der Waals surface area contributed by atoms with E-state index in [0.29, 0.717) is 12.1 Å². The van der Waals surface area contributed by atoms with E-state index < -0.39 is 65.4 Å². The predicted molar refractivity (Wildman–Crippen MR) is 74.7 cm³/mol. The van der Waals surface area contributed by atoms with Crippen molar-refractivity contribution in [2.24, 2.45) is 0 Å². The summed E-state index contributed by atoms with van der Waals surface area (Å²) in [5, 5.41) is 8.56. The molecule has 19 heteroatoms. The third-order valence-electron chi connectivity index (χ3n) is 3.98. The maximum absolute atomic E-state index is 13.6. The molecule has 0 aromatic heterocycles. The Balaban J connectivity index is 3.43. The van der Waals surface area contributed by atoms with E-state index in [9.17, 15) is 75.0 Å². The first-order valence-electron chi connectivity index (χ1n) is 7.78. The van der Waals surface area contributed by atoms with Gasteiger partial charge in [-0.2, -0.15) is 70.2 Å². The predicted octanol–water partition coefficient (Wildman–Crippen LogP) is 6.43. The SMILES string of the molecule is O=C(O)c1ccc(OC(F)C(F)(F)C(F)(F)C(F)(F)C(F)(F)C(F)(F)C(F)(F)C(F)(F)F)cc1. The Labute approximate surface area is 175 Å². The lowest BCUT2D eigenvalue weighted by molar-refractivity contribution is -0.457. The van der Waals surface area contributed by atoms with Gasteiger partial charge in [-0.15, -0.1) is 0 Å². The average molecular weight is 538 g/mol. The summed E-state index contributed by atoms with van der Waals surface area (Å²) in [5.41, 5.74) is -0.654. The molecule has 1 aromatic rings. The van der Waals surface area contributed by atoms with Gasteiger partial charge in [0.15, 0.2) is 0 Å². The molecule has 0 aliphatic heterocycles. The molecule has 0 aliphatic carbocycles. The zero-order valence-electron chi connectivity index (χ0n) is 15.2. The molecular formula is C15H6F16O3. The van der Waals surface area contributed by atoms with Crippen LogP contribution in [0.5, 0.6) is 5.75 Å². The fraction of sp³-hybridized carbons (Fsp3) is 0.533. The Kier molecular flexibility index (Phi) is 7.13. The second-order valence-corrected chi connectivity index (χ2v) is 6.26. The van der Waals surface area contributed by atoms with Crippen LogP contribution in [0.4, 0.5) is 70.2 Å². The summed E-state index contributed by atoms with van der Waals surface area (Å²) in [5.74, 6) is -51.9. The van der Waals surface area contributed by atoms with Crippen molar-refractivity contribution in [2.45, 2.75) is 48.1 Å². The van der Waals surface area contributed by atoms with Crippen LogP contribution in [0.15, 0.2) is 24.3 Å². The summed E-state index contributed by atoms with van der Waals surface area (Å²) >= 11 is 0. The van der Waals surface area contributed by atoms with Gasteiger partial charge in [0, 0.05) is 0 Å². The van der Waals surface area contributed by atoms with Crippen molar-refractivity contribution in [1.29, 1.82) is 0 Å². The topological polar surface area (TPSA) is 46.5 Å². The van der Waals surface area contributed by atoms with Crippen molar-refractivity contribution >= 4 is 5.97 Å². The van der Waals surface area contributed by atoms with Gasteiger partial charge in [0.25, 0.3) is 0 Å². The number of rotatable bonds is 9. The summed E-state index contributed by atoms with van der Waals surface area (Å²) in [4.78, 5) is 10.6. The summed E-state index contributed by atoms with van der Waals surface area (Å²) in [7, 11) is 0. The van der Waals surface area contributed by atoms with E-state index in [-0.39, 0.29) is 12.1 Å². The molecule has 0 bridgehead atoms. The number of carbonyl (C=O) groups is 1. The first kappa shape index (κ1) is 29.4. The van der Waals surface area contributed by atoms with Gasteiger partial charge < -0.3 is 9.84 Å². The van der Waals surface area contributed by atoms with E-state index in [0.717, 1.165) is 0 Å². The maximum atomic E-state index is 13.6. The standard InChI is InChI=1S/C15H6F16O3/c16-8(34-6-3-1-5(2-4-6)7(32)33)9(17,18)10(19,20)11(21,22)12(23,24)13(25,26)14(27,28)15(29,30)31/h1-4,8H,(H,32,33). The molecule has 0 heterocycles. The van der Waals surface area contributed by atoms with E-state index in [2.05, 4.69) is 4.74 Å². The number of halogens is 16. The van der Waals surface area contributed by atoms with Gasteiger partial charge in [0.1, 0.15) is 5.75 Å². The number of carboxylic acid groups (broad SMARTS) is 1. The summed E-state index contributed by atoms with van der Waals surface area (Å²) in [6.07, 6.45) is -12.9. The Bertz CT molecular complexity index is 890. The number of hydrogen-bond donors (Lipinski definition) is 1. The van der Waals surface area contributed by atoms with Crippen molar-refractivity contribution in [3.63, 3.8) is 0 Å². The third kappa shape index (κ3) is 4.16. The van der Waals surface area contributed by atoms with Gasteiger partial charge >= 0.3 is 54.0 Å². The Morgan fingerprint density at radius 3 is 1.35 bits per heavy atom. The van der Waals surface area contributed by atoms with Crippen LogP contribution in [0.1, 0.15) is 10.4 Å². The largest absolute Gasteiger partial charge is 0.478 e.